The van der Waals surface area contributed by atoms with Gasteiger partial charge in [0, 0.05) is 11.5 Å². The summed E-state index contributed by atoms with van der Waals surface area (Å²) in [4.78, 5) is 1.44. The van der Waals surface area contributed by atoms with Crippen molar-refractivity contribution in [3.05, 3.63) is 23.8 Å². The van der Waals surface area contributed by atoms with Crippen LogP contribution in [-0.4, -0.2) is 30.1 Å². The van der Waals surface area contributed by atoms with Crippen molar-refractivity contribution in [2.24, 2.45) is 5.73 Å². The van der Waals surface area contributed by atoms with Crippen LogP contribution in [0.3, 0.4) is 0 Å². The molecular weight excluding hydrogens is 278 g/mol. The third-order valence-electron chi connectivity index (χ3n) is 2.42. The van der Waals surface area contributed by atoms with E-state index in [1.807, 2.05) is 32.0 Å². The Morgan fingerprint density at radius 1 is 1.42 bits per heavy atom. The van der Waals surface area contributed by atoms with E-state index < -0.39 is 0 Å². The SMILES string of the molecule is CCOCC(C)Oc1cccc(SCC)c1C(N)=S. The van der Waals surface area contributed by atoms with Gasteiger partial charge in [0.15, 0.2) is 0 Å². The molecule has 0 spiro atoms. The lowest BCUT2D eigenvalue weighted by Crippen LogP contribution is -2.21. The smallest absolute Gasteiger partial charge is 0.131 e. The standard InChI is InChI=1S/C14H21NO2S2/c1-4-16-9-10(3)17-11-7-6-8-12(19-5-2)13(11)14(15)18/h6-8,10H,4-5,9H2,1-3H3,(H2,15,18). The zero-order chi connectivity index (χ0) is 14.3. The normalized spacial score (nSPS) is 12.2. The summed E-state index contributed by atoms with van der Waals surface area (Å²) in [5.74, 6) is 1.70. The number of rotatable bonds is 8. The van der Waals surface area contributed by atoms with Gasteiger partial charge in [0.05, 0.1) is 12.2 Å². The maximum atomic E-state index is 5.89. The number of hydrogen-bond donors (Lipinski definition) is 1. The Morgan fingerprint density at radius 2 is 2.16 bits per heavy atom. The molecule has 19 heavy (non-hydrogen) atoms. The molecule has 0 saturated heterocycles. The second kappa shape index (κ2) is 8.40. The summed E-state index contributed by atoms with van der Waals surface area (Å²) in [6.07, 6.45) is -0.0325. The van der Waals surface area contributed by atoms with Gasteiger partial charge in [-0.2, -0.15) is 0 Å². The van der Waals surface area contributed by atoms with Crippen molar-refractivity contribution in [1.82, 2.24) is 0 Å². The van der Waals surface area contributed by atoms with Crippen LogP contribution in [0.2, 0.25) is 0 Å². The van der Waals surface area contributed by atoms with Crippen LogP contribution in [0.1, 0.15) is 26.3 Å². The number of thioether (sulfide) groups is 1. The van der Waals surface area contributed by atoms with Gasteiger partial charge < -0.3 is 15.2 Å². The second-order valence-electron chi connectivity index (χ2n) is 4.01. The van der Waals surface area contributed by atoms with E-state index in [0.717, 1.165) is 22.0 Å². The summed E-state index contributed by atoms with van der Waals surface area (Å²) in [5.41, 5.74) is 6.65. The average Bonchev–Trinajstić information content (AvgIpc) is 2.36. The van der Waals surface area contributed by atoms with E-state index in [9.17, 15) is 0 Å². The van der Waals surface area contributed by atoms with Crippen molar-refractivity contribution in [2.45, 2.75) is 31.8 Å². The molecule has 0 aliphatic rings. The fourth-order valence-corrected chi connectivity index (χ4v) is 2.78. The van der Waals surface area contributed by atoms with Crippen LogP contribution in [0.15, 0.2) is 23.1 Å². The van der Waals surface area contributed by atoms with Crippen LogP contribution in [0, 0.1) is 0 Å². The molecular formula is C14H21NO2S2. The molecule has 0 aliphatic carbocycles. The first-order chi connectivity index (χ1) is 9.10. The molecule has 1 unspecified atom stereocenters. The number of nitrogens with two attached hydrogens (primary N) is 1. The van der Waals surface area contributed by atoms with Gasteiger partial charge >= 0.3 is 0 Å². The van der Waals surface area contributed by atoms with Gasteiger partial charge in [0.1, 0.15) is 16.8 Å². The molecule has 0 heterocycles. The number of thiocarbonyl (C=S) groups is 1. The second-order valence-corrected chi connectivity index (χ2v) is 5.76. The lowest BCUT2D eigenvalue weighted by atomic mass is 10.2. The fourth-order valence-electron chi connectivity index (χ4n) is 1.66. The minimum Gasteiger partial charge on any atom is -0.488 e. The Kier molecular flexibility index (Phi) is 7.20. The van der Waals surface area contributed by atoms with Gasteiger partial charge in [0.25, 0.3) is 0 Å². The molecule has 0 aliphatic heterocycles. The molecule has 106 valence electrons. The highest BCUT2D eigenvalue weighted by molar-refractivity contribution is 7.99. The van der Waals surface area contributed by atoms with Crippen LogP contribution >= 0.6 is 24.0 Å². The zero-order valence-electron chi connectivity index (χ0n) is 11.6. The van der Waals surface area contributed by atoms with E-state index in [0.29, 0.717) is 18.2 Å². The quantitative estimate of drug-likeness (QED) is 0.590. The number of ether oxygens (including phenoxy) is 2. The third kappa shape index (κ3) is 5.01. The van der Waals surface area contributed by atoms with Crippen molar-refractivity contribution in [1.29, 1.82) is 0 Å². The van der Waals surface area contributed by atoms with Crippen LogP contribution in [0.25, 0.3) is 0 Å². The molecule has 1 aromatic carbocycles. The van der Waals surface area contributed by atoms with E-state index in [4.69, 9.17) is 27.4 Å². The highest BCUT2D eigenvalue weighted by Crippen LogP contribution is 2.30. The highest BCUT2D eigenvalue weighted by atomic mass is 32.2. The van der Waals surface area contributed by atoms with Crippen molar-refractivity contribution >= 4 is 29.0 Å². The van der Waals surface area contributed by atoms with Gasteiger partial charge in [0.2, 0.25) is 0 Å². The Hall–Kier alpha value is -0.780. The lowest BCUT2D eigenvalue weighted by Gasteiger charge is -2.18. The number of hydrogen-bond acceptors (Lipinski definition) is 4. The summed E-state index contributed by atoms with van der Waals surface area (Å²) >= 11 is 6.86. The molecule has 5 heteroatoms. The predicted molar refractivity (Wildman–Crippen MR) is 85.3 cm³/mol. The summed E-state index contributed by atoms with van der Waals surface area (Å²) in [6.45, 7) is 7.27. The van der Waals surface area contributed by atoms with Gasteiger partial charge in [-0.1, -0.05) is 25.2 Å². The topological polar surface area (TPSA) is 44.5 Å². The summed E-state index contributed by atoms with van der Waals surface area (Å²) in [6, 6.07) is 5.88. The Labute approximate surface area is 124 Å². The lowest BCUT2D eigenvalue weighted by molar-refractivity contribution is 0.0655. The predicted octanol–water partition coefficient (Wildman–Crippen LogP) is 3.24. The molecule has 0 bridgehead atoms. The molecule has 0 fully saturated rings. The molecule has 0 aromatic heterocycles. The van der Waals surface area contributed by atoms with Gasteiger partial charge in [-0.05, 0) is 31.7 Å². The first-order valence-corrected chi connectivity index (χ1v) is 7.79. The van der Waals surface area contributed by atoms with Gasteiger partial charge in [-0.3, -0.25) is 0 Å². The molecule has 0 saturated carbocycles. The van der Waals surface area contributed by atoms with Crippen molar-refractivity contribution in [3.8, 4) is 5.75 Å². The first-order valence-electron chi connectivity index (χ1n) is 6.40. The summed E-state index contributed by atoms with van der Waals surface area (Å²) in [7, 11) is 0. The van der Waals surface area contributed by atoms with E-state index in [1.54, 1.807) is 11.8 Å². The number of benzene rings is 1. The van der Waals surface area contributed by atoms with Crippen LogP contribution in [0.5, 0.6) is 5.75 Å². The monoisotopic (exact) mass is 299 g/mol. The van der Waals surface area contributed by atoms with Crippen molar-refractivity contribution in [3.63, 3.8) is 0 Å². The maximum Gasteiger partial charge on any atom is 0.131 e. The Balaban J connectivity index is 2.93. The van der Waals surface area contributed by atoms with Crippen LogP contribution in [-0.2, 0) is 4.74 Å². The van der Waals surface area contributed by atoms with Crippen molar-refractivity contribution < 1.29 is 9.47 Å². The molecule has 0 amide bonds. The largest absolute Gasteiger partial charge is 0.488 e. The van der Waals surface area contributed by atoms with Crippen molar-refractivity contribution in [2.75, 3.05) is 19.0 Å². The summed E-state index contributed by atoms with van der Waals surface area (Å²) in [5, 5.41) is 0. The molecule has 2 N–H and O–H groups in total. The molecule has 1 rings (SSSR count). The van der Waals surface area contributed by atoms with E-state index >= 15 is 0 Å². The molecule has 1 atom stereocenters. The maximum absolute atomic E-state index is 5.89. The van der Waals surface area contributed by atoms with E-state index in [2.05, 4.69) is 6.92 Å². The van der Waals surface area contributed by atoms with Gasteiger partial charge in [-0.25, -0.2) is 0 Å². The fraction of sp³-hybridized carbons (Fsp3) is 0.500. The minimum absolute atomic E-state index is 0.0325. The minimum atomic E-state index is -0.0325. The molecule has 0 radical (unpaired) electrons. The summed E-state index contributed by atoms with van der Waals surface area (Å²) < 4.78 is 11.2. The molecule has 3 nitrogen and oxygen atoms in total. The van der Waals surface area contributed by atoms with Crippen LogP contribution in [0.4, 0.5) is 0 Å². The van der Waals surface area contributed by atoms with E-state index in [1.165, 1.54) is 0 Å². The molecule has 1 aromatic rings. The van der Waals surface area contributed by atoms with Gasteiger partial charge in [-0.15, -0.1) is 11.8 Å². The first kappa shape index (κ1) is 16.3. The average molecular weight is 299 g/mol. The zero-order valence-corrected chi connectivity index (χ0v) is 13.3. The Bertz CT molecular complexity index is 424. The van der Waals surface area contributed by atoms with Crippen LogP contribution < -0.4 is 10.5 Å². The highest BCUT2D eigenvalue weighted by Gasteiger charge is 2.14. The van der Waals surface area contributed by atoms with E-state index in [-0.39, 0.29) is 6.10 Å². The third-order valence-corrected chi connectivity index (χ3v) is 3.56. The Morgan fingerprint density at radius 3 is 2.74 bits per heavy atom.